The Bertz CT molecular complexity index is 1140. The minimum Gasteiger partial charge on any atom is -0.0688 e. The van der Waals surface area contributed by atoms with Gasteiger partial charge in [0.15, 0.2) is 0 Å². The van der Waals surface area contributed by atoms with Crippen LogP contribution in [0.4, 0.5) is 0 Å². The summed E-state index contributed by atoms with van der Waals surface area (Å²) in [5.74, 6) is 0. The van der Waals surface area contributed by atoms with Gasteiger partial charge in [-0.25, -0.2) is 0 Å². The Morgan fingerprint density at radius 2 is 0.957 bits per heavy atom. The number of benzene rings is 2. The number of unbranched alkanes of at least 4 members (excludes halogenated alkanes) is 22. The monoisotopic (exact) mass is 638 g/mol. The molecule has 46 heavy (non-hydrogen) atoms. The minimum absolute atomic E-state index is 0.184. The van der Waals surface area contributed by atoms with Crippen molar-refractivity contribution in [3.8, 4) is 11.1 Å². The van der Waals surface area contributed by atoms with Gasteiger partial charge >= 0.3 is 0 Å². The van der Waals surface area contributed by atoms with Crippen LogP contribution in [0, 0.1) is 0 Å². The molecule has 0 heterocycles. The summed E-state index contributed by atoms with van der Waals surface area (Å²) in [6.07, 6.45) is 39.2. The first-order valence-electron chi connectivity index (χ1n) is 20.3. The van der Waals surface area contributed by atoms with Crippen LogP contribution in [0.15, 0.2) is 42.0 Å². The van der Waals surface area contributed by atoms with E-state index in [-0.39, 0.29) is 5.41 Å². The van der Waals surface area contributed by atoms with Crippen molar-refractivity contribution in [1.82, 2.24) is 0 Å². The summed E-state index contributed by atoms with van der Waals surface area (Å²) in [5, 5.41) is 0. The van der Waals surface area contributed by atoms with E-state index in [1.165, 1.54) is 195 Å². The topological polar surface area (TPSA) is 0 Å². The highest BCUT2D eigenvalue weighted by Gasteiger charge is 2.43. The fourth-order valence-electron chi connectivity index (χ4n) is 8.68. The summed E-state index contributed by atoms with van der Waals surface area (Å²) in [6.45, 7) is 6.91. The van der Waals surface area contributed by atoms with Crippen molar-refractivity contribution >= 4 is 16.3 Å². The van der Waals surface area contributed by atoms with Crippen molar-refractivity contribution in [2.75, 3.05) is 0 Å². The summed E-state index contributed by atoms with van der Waals surface area (Å²) in [4.78, 5) is 0. The molecular weight excluding hydrogens is 569 g/mol. The van der Waals surface area contributed by atoms with Gasteiger partial charge in [-0.1, -0.05) is 204 Å². The largest absolute Gasteiger partial charge is 0.0688 e. The van der Waals surface area contributed by atoms with Crippen LogP contribution in [0.3, 0.4) is 0 Å². The quantitative estimate of drug-likeness (QED) is 0.0711. The Hall–Kier alpha value is -1.60. The Labute approximate surface area is 289 Å². The van der Waals surface area contributed by atoms with Crippen molar-refractivity contribution in [3.63, 3.8) is 0 Å². The van der Waals surface area contributed by atoms with Crippen LogP contribution in [0.25, 0.3) is 17.2 Å². The van der Waals surface area contributed by atoms with Gasteiger partial charge in [-0.2, -0.15) is 0 Å². The molecule has 1 heteroatoms. The number of hydrogen-bond acceptors (Lipinski definition) is 0. The Morgan fingerprint density at radius 1 is 0.522 bits per heavy atom. The Kier molecular flexibility index (Phi) is 16.7. The van der Waals surface area contributed by atoms with Gasteiger partial charge in [0.1, 0.15) is 0 Å². The zero-order valence-corrected chi connectivity index (χ0v) is 31.5. The van der Waals surface area contributed by atoms with Gasteiger partial charge < -0.3 is 0 Å². The van der Waals surface area contributed by atoms with Crippen LogP contribution in [0.1, 0.15) is 216 Å². The molecule has 0 saturated heterocycles. The normalized spacial score (nSPS) is 16.0. The number of allylic oxidation sites excluding steroid dienone is 1. The first kappa shape index (κ1) is 37.2. The van der Waals surface area contributed by atoms with Crippen LogP contribution in [-0.4, -0.2) is 10.2 Å². The van der Waals surface area contributed by atoms with Crippen LogP contribution in [0.5, 0.6) is 0 Å². The second kappa shape index (κ2) is 20.7. The van der Waals surface area contributed by atoms with Crippen molar-refractivity contribution in [3.05, 3.63) is 64.2 Å². The standard InChI is InChI=1S/C45H69Si/c1-4-6-8-10-12-14-16-18-20-22-24-28-32-45(33-29-25-23-21-19-17-15-13-11-9-7-5-2)42-31-27-26-30-39(42)41-36-40-38(35-43(41)45)34-37(3)44(40)46/h26-27,30-31,34-36,44H,4-25,28-29,32-33H2,1-3H3. The zero-order chi connectivity index (χ0) is 32.5. The second-order valence-corrected chi connectivity index (χ2v) is 15.8. The molecule has 2 aliphatic carbocycles. The third kappa shape index (κ3) is 10.4. The molecule has 2 aromatic carbocycles. The fraction of sp³-hybridized carbons (Fsp3) is 0.689. The molecule has 1 unspecified atom stereocenters. The summed E-state index contributed by atoms with van der Waals surface area (Å²) in [6, 6.07) is 14.7. The molecule has 3 radical (unpaired) electrons. The third-order valence-corrected chi connectivity index (χ3v) is 12.3. The molecule has 0 spiro atoms. The van der Waals surface area contributed by atoms with Crippen molar-refractivity contribution in [1.29, 1.82) is 0 Å². The van der Waals surface area contributed by atoms with Crippen LogP contribution < -0.4 is 0 Å². The highest BCUT2D eigenvalue weighted by Crippen LogP contribution is 2.56. The van der Waals surface area contributed by atoms with Gasteiger partial charge in [0.25, 0.3) is 0 Å². The lowest BCUT2D eigenvalue weighted by molar-refractivity contribution is 0.396. The summed E-state index contributed by atoms with van der Waals surface area (Å²) in [5.41, 5.74) is 11.2. The smallest absolute Gasteiger partial charge is 0.0392 e. The summed E-state index contributed by atoms with van der Waals surface area (Å²) < 4.78 is 0. The molecule has 0 bridgehead atoms. The van der Waals surface area contributed by atoms with Gasteiger partial charge in [0.2, 0.25) is 0 Å². The third-order valence-electron chi connectivity index (χ3n) is 11.5. The number of rotatable bonds is 26. The lowest BCUT2D eigenvalue weighted by Gasteiger charge is -2.33. The highest BCUT2D eigenvalue weighted by atomic mass is 28.1. The van der Waals surface area contributed by atoms with Crippen LogP contribution in [0.2, 0.25) is 0 Å². The first-order valence-corrected chi connectivity index (χ1v) is 20.9. The molecule has 0 amide bonds. The van der Waals surface area contributed by atoms with E-state index >= 15 is 0 Å². The maximum atomic E-state index is 4.06. The van der Waals surface area contributed by atoms with Gasteiger partial charge in [-0.05, 0) is 70.8 Å². The molecule has 4 rings (SSSR count). The van der Waals surface area contributed by atoms with E-state index in [4.69, 9.17) is 0 Å². The van der Waals surface area contributed by atoms with Gasteiger partial charge in [0.05, 0.1) is 0 Å². The molecular formula is C45H69Si. The van der Waals surface area contributed by atoms with Crippen molar-refractivity contribution in [2.24, 2.45) is 0 Å². The molecule has 2 aliphatic rings. The van der Waals surface area contributed by atoms with E-state index in [0.29, 0.717) is 5.54 Å². The maximum Gasteiger partial charge on any atom is 0.0392 e. The van der Waals surface area contributed by atoms with Gasteiger partial charge in [-0.3, -0.25) is 0 Å². The lowest BCUT2D eigenvalue weighted by atomic mass is 9.70. The molecule has 0 fully saturated rings. The van der Waals surface area contributed by atoms with E-state index in [9.17, 15) is 0 Å². The predicted molar refractivity (Wildman–Crippen MR) is 206 cm³/mol. The average molecular weight is 638 g/mol. The highest BCUT2D eigenvalue weighted by molar-refractivity contribution is 6.16. The Balaban J connectivity index is 1.33. The minimum atomic E-state index is 0.184. The van der Waals surface area contributed by atoms with Crippen LogP contribution >= 0.6 is 0 Å². The molecule has 2 aromatic rings. The van der Waals surface area contributed by atoms with E-state index in [1.807, 2.05) is 0 Å². The van der Waals surface area contributed by atoms with E-state index < -0.39 is 0 Å². The van der Waals surface area contributed by atoms with E-state index in [1.54, 1.807) is 11.1 Å². The first-order chi connectivity index (χ1) is 22.6. The molecule has 0 saturated carbocycles. The Morgan fingerprint density at radius 3 is 1.43 bits per heavy atom. The molecule has 0 nitrogen and oxygen atoms in total. The molecule has 253 valence electrons. The van der Waals surface area contributed by atoms with Crippen LogP contribution in [-0.2, 0) is 5.41 Å². The van der Waals surface area contributed by atoms with Crippen molar-refractivity contribution < 1.29 is 0 Å². The summed E-state index contributed by atoms with van der Waals surface area (Å²) in [7, 11) is 4.06. The van der Waals surface area contributed by atoms with E-state index in [2.05, 4.69) is 73.5 Å². The fourth-order valence-corrected chi connectivity index (χ4v) is 9.01. The van der Waals surface area contributed by atoms with E-state index in [0.717, 1.165) is 0 Å². The lowest BCUT2D eigenvalue weighted by Crippen LogP contribution is -2.25. The van der Waals surface area contributed by atoms with Crippen molar-refractivity contribution in [2.45, 2.75) is 199 Å². The number of hydrogen-bond donors (Lipinski definition) is 0. The summed E-state index contributed by atoms with van der Waals surface area (Å²) >= 11 is 0. The number of fused-ring (bicyclic) bond motifs is 4. The van der Waals surface area contributed by atoms with Gasteiger partial charge in [-0.15, -0.1) is 0 Å². The predicted octanol–water partition coefficient (Wildman–Crippen LogP) is 14.8. The SMILES string of the molecule is CCCCCCCCCCCCCCC1(CCCCCCCCCCCCCC)c2ccccc2-c2cc3c(cc21)C=C(C)C3[Si]. The average Bonchev–Trinajstić information content (AvgIpc) is 3.50. The maximum absolute atomic E-state index is 4.06. The zero-order valence-electron chi connectivity index (χ0n) is 30.5. The molecule has 0 N–H and O–H groups in total. The molecule has 0 aliphatic heterocycles. The molecule has 1 atom stereocenters. The molecule has 0 aromatic heterocycles. The van der Waals surface area contributed by atoms with Gasteiger partial charge in [0, 0.05) is 15.7 Å². The second-order valence-electron chi connectivity index (χ2n) is 15.3.